The van der Waals surface area contributed by atoms with Crippen LogP contribution in [0.1, 0.15) is 65.2 Å². The minimum atomic E-state index is -0.840. The zero-order valence-electron chi connectivity index (χ0n) is 14.6. The first-order valence-corrected chi connectivity index (χ1v) is 8.90. The summed E-state index contributed by atoms with van der Waals surface area (Å²) < 4.78 is 1.09. The minimum absolute atomic E-state index is 0.190. The van der Waals surface area contributed by atoms with Crippen molar-refractivity contribution < 1.29 is 14.4 Å². The number of aliphatic carboxylic acids is 1. The van der Waals surface area contributed by atoms with E-state index < -0.39 is 5.97 Å². The molecule has 1 fully saturated rings. The molecule has 0 aromatic carbocycles. The van der Waals surface area contributed by atoms with Crippen molar-refractivity contribution in [3.05, 3.63) is 0 Å². The molecule has 0 aromatic heterocycles. The third kappa shape index (κ3) is 6.82. The normalized spacial score (nSPS) is 24.8. The lowest BCUT2D eigenvalue weighted by Gasteiger charge is -2.38. The third-order valence-corrected chi connectivity index (χ3v) is 5.23. The van der Waals surface area contributed by atoms with E-state index in [0.29, 0.717) is 5.92 Å². The molecule has 0 spiro atoms. The quantitative estimate of drug-likeness (QED) is 0.614. The number of quaternary nitrogens is 1. The van der Waals surface area contributed by atoms with Gasteiger partial charge in [-0.05, 0) is 44.4 Å². The van der Waals surface area contributed by atoms with E-state index in [4.69, 9.17) is 0 Å². The second-order valence-electron chi connectivity index (χ2n) is 7.75. The predicted octanol–water partition coefficient (Wildman–Crippen LogP) is 2.84. The number of hydrogen-bond donors (Lipinski definition) is 0. The van der Waals surface area contributed by atoms with Gasteiger partial charge in [0.25, 0.3) is 0 Å². The molecule has 1 unspecified atom stereocenters. The van der Waals surface area contributed by atoms with Gasteiger partial charge < -0.3 is 14.4 Å². The van der Waals surface area contributed by atoms with Crippen molar-refractivity contribution in [1.82, 2.24) is 0 Å². The summed E-state index contributed by atoms with van der Waals surface area (Å²) in [6, 6.07) is 0. The second-order valence-corrected chi connectivity index (χ2v) is 7.75. The Morgan fingerprint density at radius 2 is 1.81 bits per heavy atom. The number of hydrogen-bond acceptors (Lipinski definition) is 2. The van der Waals surface area contributed by atoms with Crippen LogP contribution >= 0.6 is 0 Å². The molecule has 0 bridgehead atoms. The van der Waals surface area contributed by atoms with E-state index in [9.17, 15) is 9.90 Å². The Labute approximate surface area is 131 Å². The van der Waals surface area contributed by atoms with Crippen LogP contribution in [0.4, 0.5) is 0 Å². The highest BCUT2D eigenvalue weighted by molar-refractivity contribution is 5.67. The Kier molecular flexibility index (Phi) is 7.72. The van der Waals surface area contributed by atoms with Crippen LogP contribution in [0.5, 0.6) is 0 Å². The van der Waals surface area contributed by atoms with Gasteiger partial charge in [0.1, 0.15) is 0 Å². The zero-order valence-corrected chi connectivity index (χ0v) is 14.6. The lowest BCUT2D eigenvalue weighted by atomic mass is 9.81. The SMILES string of the molecule is CCCCC(CC)C[N+](C)(C)CC1CCC(C(=O)[O-])CC1. The molecule has 0 amide bonds. The predicted molar refractivity (Wildman–Crippen MR) is 85.6 cm³/mol. The number of unbranched alkanes of at least 4 members (excludes halogenated alkanes) is 1. The van der Waals surface area contributed by atoms with E-state index in [0.717, 1.165) is 36.1 Å². The second kappa shape index (κ2) is 8.77. The number of nitrogens with zero attached hydrogens (tertiary/aromatic N) is 1. The Morgan fingerprint density at radius 3 is 2.29 bits per heavy atom. The first-order valence-electron chi connectivity index (χ1n) is 8.90. The third-order valence-electron chi connectivity index (χ3n) is 5.23. The highest BCUT2D eigenvalue weighted by Gasteiger charge is 2.29. The van der Waals surface area contributed by atoms with Crippen LogP contribution in [0.25, 0.3) is 0 Å². The molecule has 1 atom stereocenters. The molecule has 3 nitrogen and oxygen atoms in total. The largest absolute Gasteiger partial charge is 0.550 e. The molecule has 0 saturated heterocycles. The molecule has 1 saturated carbocycles. The first-order chi connectivity index (χ1) is 9.88. The molecule has 0 aliphatic heterocycles. The number of carboxylic acids is 1. The Bertz CT molecular complexity index is 306. The van der Waals surface area contributed by atoms with Crippen molar-refractivity contribution in [1.29, 1.82) is 0 Å². The highest BCUT2D eigenvalue weighted by Crippen LogP contribution is 2.30. The van der Waals surface area contributed by atoms with Crippen molar-refractivity contribution >= 4 is 5.97 Å². The van der Waals surface area contributed by atoms with Crippen LogP contribution in [0.3, 0.4) is 0 Å². The standard InChI is InChI=1S/C18H35NO2/c1-5-7-8-15(6-2)13-19(3,4)14-16-9-11-17(12-10-16)18(20)21/h15-17H,5-14H2,1-4H3. The van der Waals surface area contributed by atoms with Gasteiger partial charge in [0, 0.05) is 17.8 Å². The van der Waals surface area contributed by atoms with Gasteiger partial charge >= 0.3 is 0 Å². The fourth-order valence-corrected chi connectivity index (χ4v) is 3.97. The maximum absolute atomic E-state index is 10.9. The van der Waals surface area contributed by atoms with E-state index in [1.807, 2.05) is 0 Å². The molecule has 1 rings (SSSR count). The van der Waals surface area contributed by atoms with Crippen LogP contribution < -0.4 is 5.11 Å². The molecular formula is C18H35NO2. The van der Waals surface area contributed by atoms with Crippen LogP contribution in [-0.2, 0) is 4.79 Å². The Balaban J connectivity index is 2.39. The van der Waals surface area contributed by atoms with Crippen molar-refractivity contribution in [3.63, 3.8) is 0 Å². The van der Waals surface area contributed by atoms with Crippen molar-refractivity contribution in [2.24, 2.45) is 17.8 Å². The molecule has 21 heavy (non-hydrogen) atoms. The summed E-state index contributed by atoms with van der Waals surface area (Å²) in [5.74, 6) is 0.497. The summed E-state index contributed by atoms with van der Waals surface area (Å²) in [5.41, 5.74) is 0. The first kappa shape index (κ1) is 18.5. The summed E-state index contributed by atoms with van der Waals surface area (Å²) in [6.45, 7) is 7.03. The van der Waals surface area contributed by atoms with Crippen molar-refractivity contribution in [2.45, 2.75) is 65.2 Å². The van der Waals surface area contributed by atoms with Gasteiger partial charge in [-0.25, -0.2) is 0 Å². The number of rotatable bonds is 9. The van der Waals surface area contributed by atoms with E-state index in [2.05, 4.69) is 27.9 Å². The van der Waals surface area contributed by atoms with E-state index >= 15 is 0 Å². The van der Waals surface area contributed by atoms with Gasteiger partial charge in [-0.2, -0.15) is 0 Å². The summed E-state index contributed by atoms with van der Waals surface area (Å²) in [5, 5.41) is 10.9. The summed E-state index contributed by atoms with van der Waals surface area (Å²) >= 11 is 0. The monoisotopic (exact) mass is 297 g/mol. The number of carbonyl (C=O) groups is 1. The number of carboxylic acid groups (broad SMARTS) is 1. The van der Waals surface area contributed by atoms with E-state index in [1.54, 1.807) is 0 Å². The fourth-order valence-electron chi connectivity index (χ4n) is 3.97. The van der Waals surface area contributed by atoms with Crippen LogP contribution in [0.15, 0.2) is 0 Å². The average Bonchev–Trinajstić information content (AvgIpc) is 2.43. The molecular weight excluding hydrogens is 262 g/mol. The van der Waals surface area contributed by atoms with Gasteiger partial charge in [0.15, 0.2) is 0 Å². The summed E-state index contributed by atoms with van der Waals surface area (Å²) in [6.07, 6.45) is 9.02. The number of carbonyl (C=O) groups excluding carboxylic acids is 1. The van der Waals surface area contributed by atoms with Gasteiger partial charge in [-0.3, -0.25) is 0 Å². The maximum atomic E-state index is 10.9. The Hall–Kier alpha value is -0.570. The average molecular weight is 297 g/mol. The van der Waals surface area contributed by atoms with Gasteiger partial charge in [-0.1, -0.05) is 26.7 Å². The van der Waals surface area contributed by atoms with Crippen LogP contribution in [0.2, 0.25) is 0 Å². The lowest BCUT2D eigenvalue weighted by Crippen LogP contribution is -2.47. The maximum Gasteiger partial charge on any atom is 0.0811 e. The van der Waals surface area contributed by atoms with E-state index in [1.165, 1.54) is 38.8 Å². The van der Waals surface area contributed by atoms with Gasteiger partial charge in [0.2, 0.25) is 0 Å². The molecule has 0 radical (unpaired) electrons. The van der Waals surface area contributed by atoms with Gasteiger partial charge in [0.05, 0.1) is 27.2 Å². The molecule has 0 heterocycles. The molecule has 0 aromatic rings. The fraction of sp³-hybridized carbons (Fsp3) is 0.944. The van der Waals surface area contributed by atoms with Crippen molar-refractivity contribution in [3.8, 4) is 0 Å². The summed E-state index contributed by atoms with van der Waals surface area (Å²) in [4.78, 5) is 10.9. The smallest absolute Gasteiger partial charge is 0.0811 e. The topological polar surface area (TPSA) is 40.1 Å². The molecule has 124 valence electrons. The lowest BCUT2D eigenvalue weighted by molar-refractivity contribution is -0.897. The minimum Gasteiger partial charge on any atom is -0.550 e. The zero-order chi connectivity index (χ0) is 15.9. The molecule has 1 aliphatic carbocycles. The van der Waals surface area contributed by atoms with Crippen molar-refractivity contribution in [2.75, 3.05) is 27.2 Å². The van der Waals surface area contributed by atoms with Crippen LogP contribution in [0, 0.1) is 17.8 Å². The summed E-state index contributed by atoms with van der Waals surface area (Å²) in [7, 11) is 4.69. The van der Waals surface area contributed by atoms with Crippen LogP contribution in [-0.4, -0.2) is 37.6 Å². The molecule has 1 aliphatic rings. The molecule has 3 heteroatoms. The molecule has 0 N–H and O–H groups in total. The van der Waals surface area contributed by atoms with Gasteiger partial charge in [-0.15, -0.1) is 0 Å². The Morgan fingerprint density at radius 1 is 1.19 bits per heavy atom. The van der Waals surface area contributed by atoms with E-state index in [-0.39, 0.29) is 5.92 Å². The highest BCUT2D eigenvalue weighted by atomic mass is 16.4.